The summed E-state index contributed by atoms with van der Waals surface area (Å²) < 4.78 is 15.6. The fourth-order valence-corrected chi connectivity index (χ4v) is 2.66. The largest absolute Gasteiger partial charge is 0.497 e. The van der Waals surface area contributed by atoms with Crippen LogP contribution in [-0.2, 0) is 16.0 Å². The summed E-state index contributed by atoms with van der Waals surface area (Å²) in [7, 11) is 1.63. The molecule has 21 heavy (non-hydrogen) atoms. The van der Waals surface area contributed by atoms with Gasteiger partial charge in [0.15, 0.2) is 0 Å². The Morgan fingerprint density at radius 3 is 2.86 bits per heavy atom. The van der Waals surface area contributed by atoms with Gasteiger partial charge in [-0.05, 0) is 36.2 Å². The molecule has 1 heterocycles. The average molecular weight is 284 g/mol. The van der Waals surface area contributed by atoms with Crippen LogP contribution in [0.15, 0.2) is 46.8 Å². The van der Waals surface area contributed by atoms with Gasteiger partial charge >= 0.3 is 5.97 Å². The predicted molar refractivity (Wildman–Crippen MR) is 78.1 cm³/mol. The molecule has 108 valence electrons. The van der Waals surface area contributed by atoms with Crippen molar-refractivity contribution in [1.82, 2.24) is 0 Å². The van der Waals surface area contributed by atoms with Crippen molar-refractivity contribution in [2.24, 2.45) is 0 Å². The number of carbonyl (C=O) groups excluding carboxylic acids is 1. The van der Waals surface area contributed by atoms with Crippen LogP contribution in [0.2, 0.25) is 0 Å². The molecule has 1 aromatic heterocycles. The van der Waals surface area contributed by atoms with Gasteiger partial charge in [0.25, 0.3) is 0 Å². The maximum atomic E-state index is 12.2. The van der Waals surface area contributed by atoms with E-state index >= 15 is 0 Å². The molecule has 1 aromatic carbocycles. The van der Waals surface area contributed by atoms with E-state index in [1.807, 2.05) is 24.3 Å². The number of hydrogen-bond acceptors (Lipinski definition) is 4. The van der Waals surface area contributed by atoms with Gasteiger partial charge in [0.05, 0.1) is 31.8 Å². The van der Waals surface area contributed by atoms with E-state index in [4.69, 9.17) is 13.9 Å². The van der Waals surface area contributed by atoms with Gasteiger partial charge in [0.1, 0.15) is 5.75 Å². The fourth-order valence-electron chi connectivity index (χ4n) is 2.66. The number of rotatable bonds is 4. The number of methoxy groups -OCH3 is 1. The van der Waals surface area contributed by atoms with Crippen LogP contribution in [-0.4, -0.2) is 19.7 Å². The van der Waals surface area contributed by atoms with Crippen LogP contribution in [0.25, 0.3) is 5.57 Å². The molecule has 0 aliphatic heterocycles. The first kappa shape index (κ1) is 13.5. The predicted octanol–water partition coefficient (Wildman–Crippen LogP) is 3.21. The van der Waals surface area contributed by atoms with Crippen LogP contribution in [0.5, 0.6) is 5.75 Å². The van der Waals surface area contributed by atoms with Crippen molar-refractivity contribution in [3.63, 3.8) is 0 Å². The minimum Gasteiger partial charge on any atom is -0.497 e. The molecule has 0 radical (unpaired) electrons. The molecule has 0 spiro atoms. The quantitative estimate of drug-likeness (QED) is 0.809. The van der Waals surface area contributed by atoms with E-state index in [1.54, 1.807) is 26.6 Å². The first-order chi connectivity index (χ1) is 10.2. The van der Waals surface area contributed by atoms with Crippen LogP contribution in [0, 0.1) is 0 Å². The number of carbonyl (C=O) groups is 1. The standard InChI is InChI=1S/C17H16O4/c1-3-21-17(18)15-9-12-8-13(19-2)4-5-14(12)16(15)11-6-7-20-10-11/h4-8,10H,3,9H2,1-2H3. The second-order valence-electron chi connectivity index (χ2n) is 4.79. The Kier molecular flexibility index (Phi) is 3.52. The second-order valence-corrected chi connectivity index (χ2v) is 4.79. The Morgan fingerprint density at radius 2 is 2.19 bits per heavy atom. The van der Waals surface area contributed by atoms with Gasteiger partial charge in [-0.1, -0.05) is 6.07 Å². The van der Waals surface area contributed by atoms with E-state index < -0.39 is 0 Å². The highest BCUT2D eigenvalue weighted by atomic mass is 16.5. The zero-order valence-corrected chi connectivity index (χ0v) is 12.0. The summed E-state index contributed by atoms with van der Waals surface area (Å²) in [4.78, 5) is 12.2. The van der Waals surface area contributed by atoms with Crippen LogP contribution in [0.4, 0.5) is 0 Å². The summed E-state index contributed by atoms with van der Waals surface area (Å²) in [5.74, 6) is 0.509. The van der Waals surface area contributed by atoms with E-state index in [0.717, 1.165) is 28.0 Å². The van der Waals surface area contributed by atoms with Crippen molar-refractivity contribution < 1.29 is 18.7 Å². The number of hydrogen-bond donors (Lipinski definition) is 0. The van der Waals surface area contributed by atoms with Gasteiger partial charge in [0, 0.05) is 17.6 Å². The van der Waals surface area contributed by atoms with Crippen molar-refractivity contribution in [2.45, 2.75) is 13.3 Å². The highest BCUT2D eigenvalue weighted by Crippen LogP contribution is 2.39. The monoisotopic (exact) mass is 284 g/mol. The average Bonchev–Trinajstić information content (AvgIpc) is 3.13. The molecule has 4 heteroatoms. The Labute approximate surface area is 123 Å². The second kappa shape index (κ2) is 5.48. The number of benzene rings is 1. The Bertz CT molecular complexity index is 696. The topological polar surface area (TPSA) is 48.7 Å². The molecule has 0 bridgehead atoms. The normalized spacial score (nSPS) is 13.2. The molecule has 0 amide bonds. The molecule has 0 N–H and O–H groups in total. The van der Waals surface area contributed by atoms with Crippen molar-refractivity contribution >= 4 is 11.5 Å². The van der Waals surface area contributed by atoms with Crippen molar-refractivity contribution in [3.05, 3.63) is 59.1 Å². The fraction of sp³-hybridized carbons (Fsp3) is 0.235. The van der Waals surface area contributed by atoms with E-state index in [0.29, 0.717) is 18.6 Å². The molecule has 2 aromatic rings. The van der Waals surface area contributed by atoms with Crippen LogP contribution >= 0.6 is 0 Å². The van der Waals surface area contributed by atoms with Crippen LogP contribution in [0.1, 0.15) is 23.6 Å². The SMILES string of the molecule is CCOC(=O)C1=C(c2ccoc2)c2ccc(OC)cc2C1. The number of fused-ring (bicyclic) bond motifs is 1. The molecule has 0 unspecified atom stereocenters. The van der Waals surface area contributed by atoms with Gasteiger partial charge in [0.2, 0.25) is 0 Å². The summed E-state index contributed by atoms with van der Waals surface area (Å²) in [6.45, 7) is 2.17. The molecule has 3 rings (SSSR count). The minimum absolute atomic E-state index is 0.274. The highest BCUT2D eigenvalue weighted by molar-refractivity contribution is 6.05. The minimum atomic E-state index is -0.274. The highest BCUT2D eigenvalue weighted by Gasteiger charge is 2.28. The third-order valence-corrected chi connectivity index (χ3v) is 3.58. The zero-order chi connectivity index (χ0) is 14.8. The first-order valence-electron chi connectivity index (χ1n) is 6.84. The molecular weight excluding hydrogens is 268 g/mol. The van der Waals surface area contributed by atoms with Gasteiger partial charge in [-0.25, -0.2) is 4.79 Å². The van der Waals surface area contributed by atoms with Crippen LogP contribution in [0.3, 0.4) is 0 Å². The zero-order valence-electron chi connectivity index (χ0n) is 12.0. The molecule has 0 saturated carbocycles. The Morgan fingerprint density at radius 1 is 1.33 bits per heavy atom. The summed E-state index contributed by atoms with van der Waals surface area (Å²) in [5, 5.41) is 0. The van der Waals surface area contributed by atoms with Crippen LogP contribution < -0.4 is 4.74 Å². The molecule has 1 aliphatic carbocycles. The van der Waals surface area contributed by atoms with Crippen molar-refractivity contribution in [1.29, 1.82) is 0 Å². The van der Waals surface area contributed by atoms with Crippen molar-refractivity contribution in [3.8, 4) is 5.75 Å². The molecule has 0 saturated heterocycles. The number of ether oxygens (including phenoxy) is 2. The van der Waals surface area contributed by atoms with Gasteiger partial charge in [-0.2, -0.15) is 0 Å². The number of esters is 1. The lowest BCUT2D eigenvalue weighted by Gasteiger charge is -2.07. The molecule has 4 nitrogen and oxygen atoms in total. The molecule has 0 atom stereocenters. The van der Waals surface area contributed by atoms with Crippen molar-refractivity contribution in [2.75, 3.05) is 13.7 Å². The summed E-state index contributed by atoms with van der Waals surface area (Å²) in [6.07, 6.45) is 3.80. The summed E-state index contributed by atoms with van der Waals surface area (Å²) in [5.41, 5.74) is 4.54. The van der Waals surface area contributed by atoms with Gasteiger partial charge in [-0.15, -0.1) is 0 Å². The molecular formula is C17H16O4. The van der Waals surface area contributed by atoms with E-state index in [9.17, 15) is 4.79 Å². The lowest BCUT2D eigenvalue weighted by molar-refractivity contribution is -0.138. The van der Waals surface area contributed by atoms with E-state index in [2.05, 4.69) is 0 Å². The lowest BCUT2D eigenvalue weighted by Crippen LogP contribution is -2.08. The van der Waals surface area contributed by atoms with E-state index in [-0.39, 0.29) is 5.97 Å². The summed E-state index contributed by atoms with van der Waals surface area (Å²) >= 11 is 0. The third kappa shape index (κ3) is 2.33. The number of furan rings is 1. The maximum Gasteiger partial charge on any atom is 0.334 e. The molecule has 1 aliphatic rings. The summed E-state index contributed by atoms with van der Waals surface area (Å²) in [6, 6.07) is 7.69. The first-order valence-corrected chi connectivity index (χ1v) is 6.84. The third-order valence-electron chi connectivity index (χ3n) is 3.58. The smallest absolute Gasteiger partial charge is 0.334 e. The van der Waals surface area contributed by atoms with Gasteiger partial charge < -0.3 is 13.9 Å². The van der Waals surface area contributed by atoms with Gasteiger partial charge in [-0.3, -0.25) is 0 Å². The lowest BCUT2D eigenvalue weighted by atomic mass is 10.00. The Balaban J connectivity index is 2.11. The molecule has 0 fully saturated rings. The Hall–Kier alpha value is -2.49. The maximum absolute atomic E-state index is 12.2. The van der Waals surface area contributed by atoms with E-state index in [1.165, 1.54) is 0 Å².